The first kappa shape index (κ1) is 29.1. The molecule has 1 aliphatic rings. The standard InChI is InChI=1S/C36H34N4O3S/c1-38(2)35(44)43-32(33-37-23-24-39(33)25-27-15-7-3-8-16-27)31-26-42-34(41)40(31)36(28-17-9-4-10-18-28,29-19-11-5-12-20-29)30-21-13-6-14-22-30/h3-24,31-32H,25-26H2,1-2H3/t31-,32-/m0/s1. The molecule has 0 unspecified atom stereocenters. The van der Waals surface area contributed by atoms with E-state index in [-0.39, 0.29) is 11.8 Å². The van der Waals surface area contributed by atoms with Crippen molar-refractivity contribution in [1.29, 1.82) is 0 Å². The molecule has 1 amide bonds. The monoisotopic (exact) mass is 602 g/mol. The molecule has 222 valence electrons. The van der Waals surface area contributed by atoms with Gasteiger partial charge in [-0.2, -0.15) is 0 Å². The summed E-state index contributed by atoms with van der Waals surface area (Å²) in [5.41, 5.74) is 2.82. The summed E-state index contributed by atoms with van der Waals surface area (Å²) in [4.78, 5) is 22.6. The summed E-state index contributed by atoms with van der Waals surface area (Å²) in [5.74, 6) is 0.648. The summed E-state index contributed by atoms with van der Waals surface area (Å²) in [6.45, 7) is 0.666. The molecule has 1 aliphatic heterocycles. The van der Waals surface area contributed by atoms with Gasteiger partial charge in [0.1, 0.15) is 18.2 Å². The fourth-order valence-corrected chi connectivity index (χ4v) is 6.11. The van der Waals surface area contributed by atoms with Crippen LogP contribution in [-0.2, 0) is 21.6 Å². The van der Waals surface area contributed by atoms with E-state index in [1.807, 2.05) is 98.0 Å². The van der Waals surface area contributed by atoms with Gasteiger partial charge in [0.05, 0.1) is 0 Å². The Labute approximate surface area is 263 Å². The van der Waals surface area contributed by atoms with Crippen LogP contribution in [0.4, 0.5) is 4.79 Å². The topological polar surface area (TPSA) is 59.8 Å². The zero-order chi connectivity index (χ0) is 30.5. The number of amides is 1. The van der Waals surface area contributed by atoms with Crippen molar-refractivity contribution in [3.05, 3.63) is 162 Å². The fraction of sp³-hybridized carbons (Fsp3) is 0.194. The van der Waals surface area contributed by atoms with Crippen molar-refractivity contribution in [2.75, 3.05) is 20.7 Å². The predicted octanol–water partition coefficient (Wildman–Crippen LogP) is 6.65. The van der Waals surface area contributed by atoms with Gasteiger partial charge in [-0.1, -0.05) is 121 Å². The smallest absolute Gasteiger partial charge is 0.411 e. The van der Waals surface area contributed by atoms with E-state index in [1.165, 1.54) is 0 Å². The molecular formula is C36H34N4O3S. The Bertz CT molecular complexity index is 1600. The van der Waals surface area contributed by atoms with Crippen LogP contribution in [0.15, 0.2) is 134 Å². The number of hydrogen-bond donors (Lipinski definition) is 0. The third kappa shape index (κ3) is 5.44. The van der Waals surface area contributed by atoms with Gasteiger partial charge in [-0.25, -0.2) is 9.78 Å². The molecule has 0 bridgehead atoms. The molecule has 0 saturated carbocycles. The van der Waals surface area contributed by atoms with Gasteiger partial charge in [-0.3, -0.25) is 4.90 Å². The predicted molar refractivity (Wildman–Crippen MR) is 174 cm³/mol. The first-order valence-corrected chi connectivity index (χ1v) is 15.0. The number of rotatable bonds is 9. The van der Waals surface area contributed by atoms with Crippen molar-refractivity contribution in [1.82, 2.24) is 19.4 Å². The molecule has 6 rings (SSSR count). The van der Waals surface area contributed by atoms with Crippen LogP contribution in [0.25, 0.3) is 0 Å². The van der Waals surface area contributed by atoms with Crippen LogP contribution in [0.2, 0.25) is 0 Å². The molecule has 1 saturated heterocycles. The molecule has 44 heavy (non-hydrogen) atoms. The Morgan fingerprint density at radius 1 is 0.886 bits per heavy atom. The fourth-order valence-electron chi connectivity index (χ4n) is 6.01. The second-order valence-corrected chi connectivity index (χ2v) is 11.3. The van der Waals surface area contributed by atoms with Crippen molar-refractivity contribution in [3.8, 4) is 0 Å². The normalized spacial score (nSPS) is 15.5. The molecule has 2 heterocycles. The average Bonchev–Trinajstić information content (AvgIpc) is 3.69. The maximum Gasteiger partial charge on any atom is 0.411 e. The van der Waals surface area contributed by atoms with Crippen molar-refractivity contribution >= 4 is 23.5 Å². The van der Waals surface area contributed by atoms with Crippen molar-refractivity contribution in [2.45, 2.75) is 24.2 Å². The summed E-state index contributed by atoms with van der Waals surface area (Å²) in [7, 11) is 3.68. The molecule has 5 aromatic rings. The lowest BCUT2D eigenvalue weighted by Crippen LogP contribution is -2.55. The van der Waals surface area contributed by atoms with E-state index in [2.05, 4.69) is 53.1 Å². The molecule has 0 N–H and O–H groups in total. The van der Waals surface area contributed by atoms with Gasteiger partial charge in [0, 0.05) is 33.0 Å². The van der Waals surface area contributed by atoms with Gasteiger partial charge in [-0.15, -0.1) is 0 Å². The number of aromatic nitrogens is 2. The van der Waals surface area contributed by atoms with Crippen LogP contribution in [0, 0.1) is 0 Å². The number of cyclic esters (lactones) is 1. The minimum Gasteiger partial charge on any atom is -0.457 e. The minimum atomic E-state index is -1.06. The van der Waals surface area contributed by atoms with E-state index in [0.717, 1.165) is 22.3 Å². The van der Waals surface area contributed by atoms with Gasteiger partial charge in [0.25, 0.3) is 5.17 Å². The Hall–Kier alpha value is -4.95. The third-order valence-electron chi connectivity index (χ3n) is 7.98. The van der Waals surface area contributed by atoms with Crippen LogP contribution in [0.5, 0.6) is 0 Å². The minimum absolute atomic E-state index is 0.0893. The summed E-state index contributed by atoms with van der Waals surface area (Å²) < 4.78 is 14.6. The van der Waals surface area contributed by atoms with Crippen molar-refractivity contribution < 1.29 is 14.3 Å². The van der Waals surface area contributed by atoms with Crippen molar-refractivity contribution in [3.63, 3.8) is 0 Å². The van der Waals surface area contributed by atoms with E-state index in [0.29, 0.717) is 12.4 Å². The Morgan fingerprint density at radius 2 is 1.39 bits per heavy atom. The highest BCUT2D eigenvalue weighted by Gasteiger charge is 2.55. The lowest BCUT2D eigenvalue weighted by molar-refractivity contribution is 0.0502. The van der Waals surface area contributed by atoms with Gasteiger partial charge in [0.15, 0.2) is 11.9 Å². The molecule has 7 nitrogen and oxygen atoms in total. The first-order chi connectivity index (χ1) is 21.5. The Balaban J connectivity index is 1.57. The number of hydrogen-bond acceptors (Lipinski definition) is 5. The third-order valence-corrected chi connectivity index (χ3v) is 8.44. The lowest BCUT2D eigenvalue weighted by atomic mass is 9.75. The Morgan fingerprint density at radius 3 is 1.89 bits per heavy atom. The summed E-state index contributed by atoms with van der Waals surface area (Å²) in [6, 6.07) is 39.8. The van der Waals surface area contributed by atoms with Crippen molar-refractivity contribution in [2.24, 2.45) is 0 Å². The van der Waals surface area contributed by atoms with Crippen LogP contribution < -0.4 is 0 Å². The van der Waals surface area contributed by atoms with E-state index >= 15 is 0 Å². The van der Waals surface area contributed by atoms with Crippen LogP contribution in [-0.4, -0.2) is 57.4 Å². The number of carbonyl (C=O) groups excluding carboxylic acids is 1. The van der Waals surface area contributed by atoms with Gasteiger partial charge < -0.3 is 18.9 Å². The van der Waals surface area contributed by atoms with E-state index < -0.39 is 23.8 Å². The van der Waals surface area contributed by atoms with E-state index in [9.17, 15) is 4.79 Å². The number of carbonyl (C=O) groups is 1. The molecule has 0 spiro atoms. The summed E-state index contributed by atoms with van der Waals surface area (Å²) in [6.07, 6.45) is 2.49. The molecule has 1 fully saturated rings. The number of ether oxygens (including phenoxy) is 2. The van der Waals surface area contributed by atoms with Gasteiger partial charge in [-0.05, 0) is 34.5 Å². The number of nitrogens with zero attached hydrogens (tertiary/aromatic N) is 4. The molecule has 2 atom stereocenters. The van der Waals surface area contributed by atoms with Crippen LogP contribution in [0.3, 0.4) is 0 Å². The lowest BCUT2D eigenvalue weighted by Gasteiger charge is -2.46. The number of benzene rings is 4. The average molecular weight is 603 g/mol. The van der Waals surface area contributed by atoms with Crippen LogP contribution in [0.1, 0.15) is 34.2 Å². The van der Waals surface area contributed by atoms with Gasteiger partial charge in [0.2, 0.25) is 0 Å². The SMILES string of the molecule is CN(C)C(=S)O[C@H](c1nccn1Cc1ccccc1)[C@@H]1COC(=O)N1C(c1ccccc1)(c1ccccc1)c1ccccc1. The molecule has 8 heteroatoms. The number of imidazole rings is 1. The summed E-state index contributed by atoms with van der Waals surface area (Å²) in [5, 5.41) is 0.285. The molecule has 1 aromatic heterocycles. The highest BCUT2D eigenvalue weighted by Crippen LogP contribution is 2.47. The molecular weight excluding hydrogens is 568 g/mol. The maximum atomic E-state index is 14.2. The zero-order valence-electron chi connectivity index (χ0n) is 24.7. The van der Waals surface area contributed by atoms with Crippen LogP contribution >= 0.6 is 12.2 Å². The quantitative estimate of drug-likeness (QED) is 0.139. The van der Waals surface area contributed by atoms with Gasteiger partial charge >= 0.3 is 6.09 Å². The second-order valence-electron chi connectivity index (χ2n) is 10.9. The maximum absolute atomic E-state index is 14.2. The zero-order valence-corrected chi connectivity index (χ0v) is 25.5. The highest BCUT2D eigenvalue weighted by molar-refractivity contribution is 7.80. The molecule has 0 radical (unpaired) electrons. The second kappa shape index (κ2) is 12.7. The Kier molecular flexibility index (Phi) is 8.43. The largest absolute Gasteiger partial charge is 0.457 e. The highest BCUT2D eigenvalue weighted by atomic mass is 32.1. The van der Waals surface area contributed by atoms with E-state index in [4.69, 9.17) is 26.7 Å². The molecule has 4 aromatic carbocycles. The number of thiocarbonyl (C=S) groups is 1. The molecule has 0 aliphatic carbocycles. The summed E-state index contributed by atoms with van der Waals surface area (Å²) >= 11 is 5.70. The van der Waals surface area contributed by atoms with E-state index in [1.54, 1.807) is 11.1 Å². The first-order valence-electron chi connectivity index (χ1n) is 14.6.